The predicted octanol–water partition coefficient (Wildman–Crippen LogP) is 2.12. The second kappa shape index (κ2) is 6.23. The van der Waals surface area contributed by atoms with Crippen LogP contribution in [0.25, 0.3) is 0 Å². The van der Waals surface area contributed by atoms with E-state index >= 15 is 0 Å². The first-order valence-corrected chi connectivity index (χ1v) is 9.33. The molecule has 1 amide bonds. The predicted molar refractivity (Wildman–Crippen MR) is 92.4 cm³/mol. The molecule has 0 saturated heterocycles. The topological polar surface area (TPSA) is 104 Å². The standard InChI is InChI=1S/C17H17FN4O3S/c1-17(5-6-17)21-26(24,25)13-8-15(22(2)10-13)16(23)20-12-3-4-14(18)11(7-12)9-19/h3-4,7-8,10,21H,5-6H2,1-2H3,(H,20,23). The third-order valence-electron chi connectivity index (χ3n) is 4.25. The highest BCUT2D eigenvalue weighted by Crippen LogP contribution is 2.36. The number of aromatic nitrogens is 1. The van der Waals surface area contributed by atoms with Gasteiger partial charge in [-0.3, -0.25) is 4.79 Å². The minimum atomic E-state index is -3.72. The molecule has 1 aromatic carbocycles. The van der Waals surface area contributed by atoms with Crippen molar-refractivity contribution >= 4 is 21.6 Å². The van der Waals surface area contributed by atoms with Crippen LogP contribution in [-0.2, 0) is 17.1 Å². The monoisotopic (exact) mass is 376 g/mol. The van der Waals surface area contributed by atoms with Crippen LogP contribution >= 0.6 is 0 Å². The van der Waals surface area contributed by atoms with Gasteiger partial charge >= 0.3 is 0 Å². The van der Waals surface area contributed by atoms with Gasteiger partial charge in [0, 0.05) is 24.5 Å². The lowest BCUT2D eigenvalue weighted by molar-refractivity contribution is 0.101. The summed E-state index contributed by atoms with van der Waals surface area (Å²) in [5.41, 5.74) is -0.255. The number of carbonyl (C=O) groups excluding carboxylic acids is 1. The molecule has 9 heteroatoms. The SMILES string of the molecule is Cn1cc(S(=O)(=O)NC2(C)CC2)cc1C(=O)Nc1ccc(F)c(C#N)c1. The molecule has 1 saturated carbocycles. The van der Waals surface area contributed by atoms with Crippen LogP contribution in [0.1, 0.15) is 35.8 Å². The van der Waals surface area contributed by atoms with Gasteiger partial charge < -0.3 is 9.88 Å². The molecule has 1 aromatic heterocycles. The van der Waals surface area contributed by atoms with Gasteiger partial charge in [0.15, 0.2) is 0 Å². The Labute approximate surface area is 150 Å². The minimum Gasteiger partial charge on any atom is -0.345 e. The Kier molecular flexibility index (Phi) is 4.34. The van der Waals surface area contributed by atoms with Crippen LogP contribution < -0.4 is 10.0 Å². The molecule has 2 aromatic rings. The molecular weight excluding hydrogens is 359 g/mol. The van der Waals surface area contributed by atoms with Crippen molar-refractivity contribution in [3.63, 3.8) is 0 Å². The molecule has 0 bridgehead atoms. The van der Waals surface area contributed by atoms with Crippen LogP contribution in [-0.4, -0.2) is 24.4 Å². The molecule has 0 spiro atoms. The number of carbonyl (C=O) groups is 1. The average molecular weight is 376 g/mol. The number of aryl methyl sites for hydroxylation is 1. The summed E-state index contributed by atoms with van der Waals surface area (Å²) >= 11 is 0. The molecule has 1 fully saturated rings. The molecule has 1 aliphatic carbocycles. The summed E-state index contributed by atoms with van der Waals surface area (Å²) in [6.45, 7) is 1.82. The van der Waals surface area contributed by atoms with E-state index in [-0.39, 0.29) is 21.8 Å². The number of rotatable bonds is 5. The summed E-state index contributed by atoms with van der Waals surface area (Å²) in [7, 11) is -2.17. The Morgan fingerprint density at radius 3 is 2.65 bits per heavy atom. The van der Waals surface area contributed by atoms with Gasteiger partial charge in [-0.1, -0.05) is 0 Å². The summed E-state index contributed by atoms with van der Waals surface area (Å²) in [4.78, 5) is 12.4. The minimum absolute atomic E-state index is 0.00454. The maximum absolute atomic E-state index is 13.4. The number of hydrogen-bond donors (Lipinski definition) is 2. The summed E-state index contributed by atoms with van der Waals surface area (Å²) in [6, 6.07) is 6.58. The summed E-state index contributed by atoms with van der Waals surface area (Å²) in [6.07, 6.45) is 2.91. The molecule has 0 unspecified atom stereocenters. The van der Waals surface area contributed by atoms with E-state index in [1.807, 2.05) is 6.92 Å². The molecule has 7 nitrogen and oxygen atoms in total. The molecule has 0 atom stereocenters. The molecule has 0 radical (unpaired) electrons. The first-order chi connectivity index (χ1) is 12.1. The number of anilines is 1. The summed E-state index contributed by atoms with van der Waals surface area (Å²) in [5, 5.41) is 11.4. The number of benzene rings is 1. The van der Waals surface area contributed by atoms with Crippen molar-refractivity contribution < 1.29 is 17.6 Å². The zero-order valence-electron chi connectivity index (χ0n) is 14.2. The fraction of sp³-hybridized carbons (Fsp3) is 0.294. The molecule has 1 heterocycles. The number of hydrogen-bond acceptors (Lipinski definition) is 4. The van der Waals surface area contributed by atoms with Crippen LogP contribution in [0.5, 0.6) is 0 Å². The van der Waals surface area contributed by atoms with Crippen molar-refractivity contribution in [3.05, 3.63) is 47.5 Å². The van der Waals surface area contributed by atoms with Crippen molar-refractivity contribution in [2.75, 3.05) is 5.32 Å². The fourth-order valence-corrected chi connectivity index (χ4v) is 4.00. The van der Waals surface area contributed by atoms with E-state index in [4.69, 9.17) is 5.26 Å². The van der Waals surface area contributed by atoms with Crippen molar-refractivity contribution in [1.82, 2.24) is 9.29 Å². The average Bonchev–Trinajstić information content (AvgIpc) is 3.13. The molecule has 26 heavy (non-hydrogen) atoms. The van der Waals surface area contributed by atoms with Crippen molar-refractivity contribution in [3.8, 4) is 6.07 Å². The van der Waals surface area contributed by atoms with Gasteiger partial charge in [-0.15, -0.1) is 0 Å². The normalized spacial score (nSPS) is 15.3. The largest absolute Gasteiger partial charge is 0.345 e. The van der Waals surface area contributed by atoms with Gasteiger partial charge in [-0.25, -0.2) is 17.5 Å². The molecule has 0 aliphatic heterocycles. The van der Waals surface area contributed by atoms with E-state index in [0.29, 0.717) is 0 Å². The van der Waals surface area contributed by atoms with Crippen LogP contribution in [0.3, 0.4) is 0 Å². The van der Waals surface area contributed by atoms with Crippen LogP contribution in [0.15, 0.2) is 35.4 Å². The van der Waals surface area contributed by atoms with Gasteiger partial charge in [-0.2, -0.15) is 5.26 Å². The number of sulfonamides is 1. The Morgan fingerprint density at radius 1 is 1.35 bits per heavy atom. The van der Waals surface area contributed by atoms with Crippen molar-refractivity contribution in [1.29, 1.82) is 5.26 Å². The Balaban J connectivity index is 1.83. The number of amides is 1. The number of halogens is 1. The van der Waals surface area contributed by atoms with E-state index < -0.39 is 27.3 Å². The zero-order chi connectivity index (χ0) is 19.1. The van der Waals surface area contributed by atoms with E-state index in [2.05, 4.69) is 10.0 Å². The second-order valence-electron chi connectivity index (χ2n) is 6.60. The second-order valence-corrected chi connectivity index (χ2v) is 8.28. The van der Waals surface area contributed by atoms with E-state index in [1.54, 1.807) is 13.1 Å². The molecule has 2 N–H and O–H groups in total. The Bertz CT molecular complexity index is 1030. The van der Waals surface area contributed by atoms with E-state index in [1.165, 1.54) is 29.0 Å². The first-order valence-electron chi connectivity index (χ1n) is 7.85. The number of nitrogens with one attached hydrogen (secondary N) is 2. The van der Waals surface area contributed by atoms with Gasteiger partial charge in [-0.05, 0) is 44.0 Å². The van der Waals surface area contributed by atoms with Crippen molar-refractivity contribution in [2.24, 2.45) is 7.05 Å². The molecule has 3 rings (SSSR count). The third-order valence-corrected chi connectivity index (χ3v) is 5.85. The van der Waals surface area contributed by atoms with Gasteiger partial charge in [0.2, 0.25) is 10.0 Å². The number of nitrogens with zero attached hydrogens (tertiary/aromatic N) is 2. The smallest absolute Gasteiger partial charge is 0.272 e. The lowest BCUT2D eigenvalue weighted by atomic mass is 10.2. The number of nitriles is 1. The van der Waals surface area contributed by atoms with Crippen LogP contribution in [0.4, 0.5) is 10.1 Å². The van der Waals surface area contributed by atoms with Crippen LogP contribution in [0.2, 0.25) is 0 Å². The van der Waals surface area contributed by atoms with Crippen LogP contribution in [0, 0.1) is 17.1 Å². The maximum Gasteiger partial charge on any atom is 0.272 e. The van der Waals surface area contributed by atoms with Gasteiger partial charge in [0.05, 0.1) is 5.56 Å². The lowest BCUT2D eigenvalue weighted by Gasteiger charge is -2.10. The summed E-state index contributed by atoms with van der Waals surface area (Å²) < 4.78 is 42.2. The zero-order valence-corrected chi connectivity index (χ0v) is 15.0. The fourth-order valence-electron chi connectivity index (χ4n) is 2.46. The highest BCUT2D eigenvalue weighted by molar-refractivity contribution is 7.89. The van der Waals surface area contributed by atoms with Gasteiger partial charge in [0.25, 0.3) is 5.91 Å². The Hall–Kier alpha value is -2.70. The lowest BCUT2D eigenvalue weighted by Crippen LogP contribution is -2.34. The van der Waals surface area contributed by atoms with E-state index in [0.717, 1.165) is 18.9 Å². The first kappa shape index (κ1) is 18.1. The van der Waals surface area contributed by atoms with E-state index in [9.17, 15) is 17.6 Å². The Morgan fingerprint density at radius 2 is 2.04 bits per heavy atom. The molecular formula is C17H17FN4O3S. The highest BCUT2D eigenvalue weighted by atomic mass is 32.2. The highest BCUT2D eigenvalue weighted by Gasteiger charge is 2.41. The molecule has 136 valence electrons. The molecule has 1 aliphatic rings. The third kappa shape index (κ3) is 3.61. The quantitative estimate of drug-likeness (QED) is 0.834. The maximum atomic E-state index is 13.4. The van der Waals surface area contributed by atoms with Gasteiger partial charge in [0.1, 0.15) is 22.5 Å². The summed E-state index contributed by atoms with van der Waals surface area (Å²) in [5.74, 6) is -1.25. The van der Waals surface area contributed by atoms with Crippen molar-refractivity contribution in [2.45, 2.75) is 30.2 Å².